The van der Waals surface area contributed by atoms with Gasteiger partial charge in [0, 0.05) is 0 Å². The largest absolute Gasteiger partial charge is 0.391 e. The highest BCUT2D eigenvalue weighted by molar-refractivity contribution is 5.81. The van der Waals surface area contributed by atoms with Gasteiger partial charge in [-0.1, -0.05) is 0 Å². The Morgan fingerprint density at radius 2 is 2.12 bits per heavy atom. The molecule has 0 spiro atoms. The number of carbonyl (C=O) groups excluding carboxylic acids is 1. The lowest BCUT2D eigenvalue weighted by Crippen LogP contribution is -2.38. The molecular formula is C5H11NO2. The lowest BCUT2D eigenvalue weighted by atomic mass is 10.1. The van der Waals surface area contributed by atoms with E-state index < -0.39 is 12.1 Å². The van der Waals surface area contributed by atoms with Crippen LogP contribution in [0.15, 0.2) is 0 Å². The summed E-state index contributed by atoms with van der Waals surface area (Å²) in [7, 11) is 0. The summed E-state index contributed by atoms with van der Waals surface area (Å²) in [5, 5.41) is 8.65. The van der Waals surface area contributed by atoms with Crippen LogP contribution < -0.4 is 5.73 Å². The molecule has 8 heavy (non-hydrogen) atoms. The molecule has 2 atom stereocenters. The summed E-state index contributed by atoms with van der Waals surface area (Å²) in [6, 6.07) is -0.713. The standard InChI is InChI=1S/C5H11NO2/c1-3(7)5(6)4(2)8/h3,5,7H,6H2,1-2H3/t3-,5?/m1/s1. The van der Waals surface area contributed by atoms with Gasteiger partial charge in [0.25, 0.3) is 0 Å². The fourth-order valence-corrected chi connectivity index (χ4v) is 0.340. The van der Waals surface area contributed by atoms with Crippen molar-refractivity contribution in [3.63, 3.8) is 0 Å². The van der Waals surface area contributed by atoms with Crippen LogP contribution in [0.2, 0.25) is 0 Å². The quantitative estimate of drug-likeness (QED) is 0.502. The molecule has 0 saturated heterocycles. The zero-order valence-electron chi connectivity index (χ0n) is 5.09. The summed E-state index contributed by atoms with van der Waals surface area (Å²) in [6.07, 6.45) is -0.729. The van der Waals surface area contributed by atoms with Crippen LogP contribution in [-0.2, 0) is 4.79 Å². The van der Waals surface area contributed by atoms with Crippen LogP contribution >= 0.6 is 0 Å². The molecule has 0 aromatic rings. The first-order chi connectivity index (χ1) is 3.55. The number of rotatable bonds is 2. The molecule has 0 bridgehead atoms. The molecule has 0 amide bonds. The second-order valence-corrected chi connectivity index (χ2v) is 1.88. The predicted molar refractivity (Wildman–Crippen MR) is 30.3 cm³/mol. The second kappa shape index (κ2) is 2.79. The van der Waals surface area contributed by atoms with Crippen molar-refractivity contribution in [1.82, 2.24) is 0 Å². The first-order valence-corrected chi connectivity index (χ1v) is 2.50. The minimum Gasteiger partial charge on any atom is -0.391 e. The Balaban J connectivity index is 3.64. The van der Waals surface area contributed by atoms with Crippen LogP contribution in [0, 0.1) is 0 Å². The third kappa shape index (κ3) is 2.04. The van der Waals surface area contributed by atoms with Crippen LogP contribution in [-0.4, -0.2) is 23.0 Å². The average molecular weight is 117 g/mol. The molecule has 0 aliphatic carbocycles. The number of carbonyl (C=O) groups is 1. The molecule has 3 heteroatoms. The molecular weight excluding hydrogens is 106 g/mol. The van der Waals surface area contributed by atoms with Gasteiger partial charge in [0.15, 0.2) is 0 Å². The fraction of sp³-hybridized carbons (Fsp3) is 0.800. The molecule has 1 unspecified atom stereocenters. The number of aliphatic hydroxyl groups excluding tert-OH is 1. The van der Waals surface area contributed by atoms with Gasteiger partial charge in [-0.2, -0.15) is 0 Å². The number of nitrogens with two attached hydrogens (primary N) is 1. The smallest absolute Gasteiger partial charge is 0.149 e. The van der Waals surface area contributed by atoms with E-state index in [1.807, 2.05) is 0 Å². The highest BCUT2D eigenvalue weighted by atomic mass is 16.3. The zero-order chi connectivity index (χ0) is 6.73. The molecule has 3 N–H and O–H groups in total. The maximum Gasteiger partial charge on any atom is 0.149 e. The van der Waals surface area contributed by atoms with E-state index in [4.69, 9.17) is 10.8 Å². The first kappa shape index (κ1) is 7.59. The summed E-state index contributed by atoms with van der Waals surface area (Å²) < 4.78 is 0. The highest BCUT2D eigenvalue weighted by Gasteiger charge is 2.12. The van der Waals surface area contributed by atoms with Gasteiger partial charge in [0.05, 0.1) is 12.1 Å². The van der Waals surface area contributed by atoms with Crippen molar-refractivity contribution in [3.05, 3.63) is 0 Å². The van der Waals surface area contributed by atoms with E-state index in [9.17, 15) is 4.79 Å². The van der Waals surface area contributed by atoms with Crippen LogP contribution in [0.4, 0.5) is 0 Å². The van der Waals surface area contributed by atoms with Gasteiger partial charge in [0.2, 0.25) is 0 Å². The second-order valence-electron chi connectivity index (χ2n) is 1.88. The third-order valence-corrected chi connectivity index (χ3v) is 0.989. The van der Waals surface area contributed by atoms with Gasteiger partial charge in [0.1, 0.15) is 5.78 Å². The molecule has 0 aromatic carbocycles. The lowest BCUT2D eigenvalue weighted by Gasteiger charge is -2.08. The number of hydrogen-bond acceptors (Lipinski definition) is 3. The Morgan fingerprint density at radius 1 is 1.75 bits per heavy atom. The number of ketones is 1. The predicted octanol–water partition coefficient (Wildman–Crippen LogP) is -0.716. The van der Waals surface area contributed by atoms with E-state index in [1.54, 1.807) is 0 Å². The highest BCUT2D eigenvalue weighted by Crippen LogP contribution is 1.87. The van der Waals surface area contributed by atoms with Crippen LogP contribution in [0.3, 0.4) is 0 Å². The Kier molecular flexibility index (Phi) is 2.65. The van der Waals surface area contributed by atoms with Crippen molar-refractivity contribution in [3.8, 4) is 0 Å². The number of hydrogen-bond donors (Lipinski definition) is 2. The fourth-order valence-electron chi connectivity index (χ4n) is 0.340. The Labute approximate surface area is 48.5 Å². The van der Waals surface area contributed by atoms with E-state index in [-0.39, 0.29) is 5.78 Å². The zero-order valence-corrected chi connectivity index (χ0v) is 5.09. The minimum atomic E-state index is -0.729. The third-order valence-electron chi connectivity index (χ3n) is 0.989. The molecule has 0 rings (SSSR count). The average Bonchev–Trinajstić information content (AvgIpc) is 1.64. The van der Waals surface area contributed by atoms with E-state index in [0.29, 0.717) is 0 Å². The van der Waals surface area contributed by atoms with Crippen molar-refractivity contribution in [2.24, 2.45) is 5.73 Å². The van der Waals surface area contributed by atoms with Gasteiger partial charge < -0.3 is 10.8 Å². The van der Waals surface area contributed by atoms with Crippen LogP contribution in [0.25, 0.3) is 0 Å². The monoisotopic (exact) mass is 117 g/mol. The van der Waals surface area contributed by atoms with Crippen LogP contribution in [0.5, 0.6) is 0 Å². The molecule has 3 nitrogen and oxygen atoms in total. The maximum atomic E-state index is 10.3. The molecule has 0 saturated carbocycles. The van der Waals surface area contributed by atoms with E-state index in [0.717, 1.165) is 0 Å². The van der Waals surface area contributed by atoms with Crippen LogP contribution in [0.1, 0.15) is 13.8 Å². The Bertz CT molecular complexity index is 90.4. The van der Waals surface area contributed by atoms with Gasteiger partial charge >= 0.3 is 0 Å². The summed E-state index contributed by atoms with van der Waals surface area (Å²) >= 11 is 0. The van der Waals surface area contributed by atoms with Crippen molar-refractivity contribution < 1.29 is 9.90 Å². The maximum absolute atomic E-state index is 10.3. The molecule has 48 valence electrons. The topological polar surface area (TPSA) is 63.3 Å². The molecule has 0 aliphatic rings. The van der Waals surface area contributed by atoms with E-state index in [1.165, 1.54) is 13.8 Å². The van der Waals surface area contributed by atoms with Crippen molar-refractivity contribution in [2.45, 2.75) is 26.0 Å². The SMILES string of the molecule is CC(=O)C(N)[C@@H](C)O. The summed E-state index contributed by atoms with van der Waals surface area (Å²) in [5.41, 5.74) is 5.16. The summed E-state index contributed by atoms with van der Waals surface area (Å²) in [5.74, 6) is -0.181. The van der Waals surface area contributed by atoms with Gasteiger partial charge in [-0.05, 0) is 13.8 Å². The first-order valence-electron chi connectivity index (χ1n) is 2.50. The van der Waals surface area contributed by atoms with Crippen molar-refractivity contribution in [2.75, 3.05) is 0 Å². The molecule has 0 heterocycles. The summed E-state index contributed by atoms with van der Waals surface area (Å²) in [4.78, 5) is 10.3. The molecule has 0 fully saturated rings. The van der Waals surface area contributed by atoms with Gasteiger partial charge in [-0.3, -0.25) is 4.79 Å². The van der Waals surface area contributed by atoms with Gasteiger partial charge in [-0.25, -0.2) is 0 Å². The van der Waals surface area contributed by atoms with Crippen molar-refractivity contribution in [1.29, 1.82) is 0 Å². The minimum absolute atomic E-state index is 0.181. The van der Waals surface area contributed by atoms with E-state index >= 15 is 0 Å². The lowest BCUT2D eigenvalue weighted by molar-refractivity contribution is -0.120. The number of aliphatic hydroxyl groups is 1. The molecule has 0 aromatic heterocycles. The molecule has 0 aliphatic heterocycles. The number of Topliss-reactive ketones (excluding diaryl/α,β-unsaturated/α-hetero) is 1. The Hall–Kier alpha value is -0.410. The van der Waals surface area contributed by atoms with Gasteiger partial charge in [-0.15, -0.1) is 0 Å². The van der Waals surface area contributed by atoms with Crippen molar-refractivity contribution >= 4 is 5.78 Å². The summed E-state index contributed by atoms with van der Waals surface area (Å²) in [6.45, 7) is 2.85. The van der Waals surface area contributed by atoms with E-state index in [2.05, 4.69) is 0 Å². The molecule has 0 radical (unpaired) electrons. The Morgan fingerprint density at radius 3 is 2.12 bits per heavy atom. The normalized spacial score (nSPS) is 17.5.